The SMILES string of the molecule is CCOc1ccccc1C(N)Cn1cnc(C)cc1=O. The molecule has 106 valence electrons. The Morgan fingerprint density at radius 2 is 2.15 bits per heavy atom. The van der Waals surface area contributed by atoms with E-state index >= 15 is 0 Å². The van der Waals surface area contributed by atoms with Crippen LogP contribution in [0.1, 0.15) is 24.2 Å². The van der Waals surface area contributed by atoms with Gasteiger partial charge in [-0.1, -0.05) is 18.2 Å². The molecular weight excluding hydrogens is 254 g/mol. The van der Waals surface area contributed by atoms with E-state index < -0.39 is 0 Å². The Morgan fingerprint density at radius 3 is 2.85 bits per heavy atom. The van der Waals surface area contributed by atoms with Crippen LogP contribution in [0, 0.1) is 6.92 Å². The molecular formula is C15H19N3O2. The molecule has 0 spiro atoms. The summed E-state index contributed by atoms with van der Waals surface area (Å²) in [6.07, 6.45) is 1.53. The normalized spacial score (nSPS) is 12.2. The molecule has 1 unspecified atom stereocenters. The standard InChI is InChI=1S/C15H19N3O2/c1-3-20-14-7-5-4-6-12(14)13(16)9-18-10-17-11(2)8-15(18)19/h4-8,10,13H,3,9,16H2,1-2H3. The minimum Gasteiger partial charge on any atom is -0.494 e. The maximum atomic E-state index is 11.9. The maximum absolute atomic E-state index is 11.9. The molecule has 0 aliphatic carbocycles. The zero-order valence-corrected chi connectivity index (χ0v) is 11.7. The minimum absolute atomic E-state index is 0.0955. The van der Waals surface area contributed by atoms with E-state index in [0.29, 0.717) is 18.8 Å². The van der Waals surface area contributed by atoms with Gasteiger partial charge in [0, 0.05) is 23.9 Å². The molecule has 0 bridgehead atoms. The zero-order chi connectivity index (χ0) is 14.5. The number of rotatable bonds is 5. The lowest BCUT2D eigenvalue weighted by molar-refractivity contribution is 0.332. The molecule has 2 rings (SSSR count). The number of nitrogens with two attached hydrogens (primary N) is 1. The van der Waals surface area contributed by atoms with Crippen LogP contribution in [0.15, 0.2) is 41.5 Å². The summed E-state index contributed by atoms with van der Waals surface area (Å²) in [5, 5.41) is 0. The second-order valence-electron chi connectivity index (χ2n) is 4.60. The summed E-state index contributed by atoms with van der Waals surface area (Å²) in [5.74, 6) is 0.760. The number of para-hydroxylation sites is 1. The van der Waals surface area contributed by atoms with Crippen LogP contribution in [0.25, 0.3) is 0 Å². The molecule has 0 saturated carbocycles. The summed E-state index contributed by atoms with van der Waals surface area (Å²) in [6, 6.07) is 8.80. The van der Waals surface area contributed by atoms with Gasteiger partial charge >= 0.3 is 0 Å². The highest BCUT2D eigenvalue weighted by Crippen LogP contribution is 2.24. The molecule has 1 heterocycles. The molecule has 0 aliphatic rings. The lowest BCUT2D eigenvalue weighted by Crippen LogP contribution is -2.27. The average Bonchev–Trinajstić information content (AvgIpc) is 2.43. The van der Waals surface area contributed by atoms with Gasteiger partial charge in [-0.15, -0.1) is 0 Å². The van der Waals surface area contributed by atoms with Crippen LogP contribution < -0.4 is 16.0 Å². The van der Waals surface area contributed by atoms with Crippen LogP contribution in [-0.2, 0) is 6.54 Å². The van der Waals surface area contributed by atoms with E-state index in [-0.39, 0.29) is 11.6 Å². The van der Waals surface area contributed by atoms with Gasteiger partial charge in [0.05, 0.1) is 19.0 Å². The monoisotopic (exact) mass is 273 g/mol. The maximum Gasteiger partial charge on any atom is 0.253 e. The third-order valence-electron chi connectivity index (χ3n) is 3.03. The fourth-order valence-electron chi connectivity index (χ4n) is 2.04. The number of nitrogens with zero attached hydrogens (tertiary/aromatic N) is 2. The molecule has 2 N–H and O–H groups in total. The Bertz CT molecular complexity index is 637. The van der Waals surface area contributed by atoms with Gasteiger partial charge in [-0.05, 0) is 19.9 Å². The number of ether oxygens (including phenoxy) is 1. The van der Waals surface area contributed by atoms with Crippen molar-refractivity contribution in [3.8, 4) is 5.75 Å². The summed E-state index contributed by atoms with van der Waals surface area (Å²) in [4.78, 5) is 16.0. The van der Waals surface area contributed by atoms with Crippen molar-refractivity contribution >= 4 is 0 Å². The van der Waals surface area contributed by atoms with Crippen molar-refractivity contribution in [3.05, 3.63) is 58.3 Å². The van der Waals surface area contributed by atoms with Crippen LogP contribution in [0.3, 0.4) is 0 Å². The molecule has 1 aromatic carbocycles. The number of hydrogen-bond donors (Lipinski definition) is 1. The van der Waals surface area contributed by atoms with E-state index in [4.69, 9.17) is 10.5 Å². The fraction of sp³-hybridized carbons (Fsp3) is 0.333. The third-order valence-corrected chi connectivity index (χ3v) is 3.03. The minimum atomic E-state index is -0.319. The Labute approximate surface area is 118 Å². The van der Waals surface area contributed by atoms with E-state index in [1.54, 1.807) is 6.92 Å². The lowest BCUT2D eigenvalue weighted by Gasteiger charge is -2.17. The van der Waals surface area contributed by atoms with Gasteiger partial charge in [-0.3, -0.25) is 9.36 Å². The van der Waals surface area contributed by atoms with E-state index in [1.165, 1.54) is 17.0 Å². The third kappa shape index (κ3) is 3.24. The molecule has 2 aromatic rings. The highest BCUT2D eigenvalue weighted by atomic mass is 16.5. The highest BCUT2D eigenvalue weighted by molar-refractivity contribution is 5.35. The Kier molecular flexibility index (Phi) is 4.53. The van der Waals surface area contributed by atoms with E-state index in [2.05, 4.69) is 4.98 Å². The summed E-state index contributed by atoms with van der Waals surface area (Å²) in [5.41, 5.74) is 7.70. The largest absolute Gasteiger partial charge is 0.494 e. The molecule has 0 radical (unpaired) electrons. The van der Waals surface area contributed by atoms with Gasteiger partial charge in [0.25, 0.3) is 5.56 Å². The molecule has 1 atom stereocenters. The van der Waals surface area contributed by atoms with E-state index in [1.807, 2.05) is 31.2 Å². The van der Waals surface area contributed by atoms with Gasteiger partial charge < -0.3 is 10.5 Å². The molecule has 20 heavy (non-hydrogen) atoms. The fourth-order valence-corrected chi connectivity index (χ4v) is 2.04. The van der Waals surface area contributed by atoms with Gasteiger partial charge in [0.1, 0.15) is 5.75 Å². The quantitative estimate of drug-likeness (QED) is 0.899. The first-order chi connectivity index (χ1) is 9.61. The predicted octanol–water partition coefficient (Wildman–Crippen LogP) is 1.65. The van der Waals surface area contributed by atoms with E-state index in [9.17, 15) is 4.79 Å². The second kappa shape index (κ2) is 6.34. The van der Waals surface area contributed by atoms with Crippen LogP contribution in [0.5, 0.6) is 5.75 Å². The number of hydrogen-bond acceptors (Lipinski definition) is 4. The first kappa shape index (κ1) is 14.3. The summed E-state index contributed by atoms with van der Waals surface area (Å²) in [7, 11) is 0. The second-order valence-corrected chi connectivity index (χ2v) is 4.60. The molecule has 0 aliphatic heterocycles. The van der Waals surface area contributed by atoms with Crippen molar-refractivity contribution in [2.24, 2.45) is 5.73 Å². The molecule has 5 nitrogen and oxygen atoms in total. The molecule has 1 aromatic heterocycles. The first-order valence-corrected chi connectivity index (χ1v) is 6.62. The number of aromatic nitrogens is 2. The van der Waals surface area contributed by atoms with Crippen molar-refractivity contribution in [3.63, 3.8) is 0 Å². The summed E-state index contributed by atoms with van der Waals surface area (Å²) in [6.45, 7) is 4.67. The van der Waals surface area contributed by atoms with Crippen molar-refractivity contribution < 1.29 is 4.74 Å². The molecule has 0 fully saturated rings. The lowest BCUT2D eigenvalue weighted by atomic mass is 10.1. The zero-order valence-electron chi connectivity index (χ0n) is 11.7. The Hall–Kier alpha value is -2.14. The van der Waals surface area contributed by atoms with Crippen LogP contribution in [0.4, 0.5) is 0 Å². The van der Waals surface area contributed by atoms with E-state index in [0.717, 1.165) is 11.3 Å². The Balaban J connectivity index is 2.23. The summed E-state index contributed by atoms with van der Waals surface area (Å²) < 4.78 is 7.08. The van der Waals surface area contributed by atoms with Crippen molar-refractivity contribution in [1.29, 1.82) is 0 Å². The highest BCUT2D eigenvalue weighted by Gasteiger charge is 2.13. The van der Waals surface area contributed by atoms with Gasteiger partial charge in [-0.2, -0.15) is 0 Å². The molecule has 0 saturated heterocycles. The first-order valence-electron chi connectivity index (χ1n) is 6.62. The molecule has 5 heteroatoms. The van der Waals surface area contributed by atoms with Crippen LogP contribution in [0.2, 0.25) is 0 Å². The van der Waals surface area contributed by atoms with Crippen LogP contribution in [-0.4, -0.2) is 16.2 Å². The Morgan fingerprint density at radius 1 is 1.40 bits per heavy atom. The van der Waals surface area contributed by atoms with Crippen LogP contribution >= 0.6 is 0 Å². The average molecular weight is 273 g/mol. The van der Waals surface area contributed by atoms with Crippen molar-refractivity contribution in [2.75, 3.05) is 6.61 Å². The molecule has 0 amide bonds. The van der Waals surface area contributed by atoms with Crippen molar-refractivity contribution in [1.82, 2.24) is 9.55 Å². The van der Waals surface area contributed by atoms with Gasteiger partial charge in [0.15, 0.2) is 0 Å². The number of aryl methyl sites for hydroxylation is 1. The topological polar surface area (TPSA) is 70.1 Å². The number of benzene rings is 1. The van der Waals surface area contributed by atoms with Crippen molar-refractivity contribution in [2.45, 2.75) is 26.4 Å². The smallest absolute Gasteiger partial charge is 0.253 e. The van der Waals surface area contributed by atoms with Gasteiger partial charge in [-0.25, -0.2) is 4.98 Å². The predicted molar refractivity (Wildman–Crippen MR) is 77.8 cm³/mol. The summed E-state index contributed by atoms with van der Waals surface area (Å²) >= 11 is 0. The van der Waals surface area contributed by atoms with Gasteiger partial charge in [0.2, 0.25) is 0 Å².